The van der Waals surface area contributed by atoms with Gasteiger partial charge in [-0.25, -0.2) is 16.8 Å². The predicted octanol–water partition coefficient (Wildman–Crippen LogP) is 2.40. The SMILES string of the molecule is O=C(Nc1cc(S(=O)(=O)N2CCOCC2)ccc1Cl)c1cccc(S(=O)(=O)N2CCCC2)c1. The summed E-state index contributed by atoms with van der Waals surface area (Å²) in [7, 11) is -7.46. The number of sulfonamides is 2. The number of ether oxygens (including phenoxy) is 1. The maximum absolute atomic E-state index is 12.9. The molecule has 9 nitrogen and oxygen atoms in total. The van der Waals surface area contributed by atoms with Crippen molar-refractivity contribution in [3.8, 4) is 0 Å². The van der Waals surface area contributed by atoms with Crippen LogP contribution >= 0.6 is 11.6 Å². The molecule has 0 aliphatic carbocycles. The molecule has 0 radical (unpaired) electrons. The molecule has 2 aliphatic rings. The molecule has 4 rings (SSSR count). The molecule has 2 heterocycles. The summed E-state index contributed by atoms with van der Waals surface area (Å²) in [6.45, 7) is 2.02. The maximum atomic E-state index is 12.9. The minimum Gasteiger partial charge on any atom is -0.379 e. The number of nitrogens with one attached hydrogen (secondary N) is 1. The van der Waals surface area contributed by atoms with E-state index in [2.05, 4.69) is 5.32 Å². The number of carbonyl (C=O) groups excluding carboxylic acids is 1. The Bertz CT molecular complexity index is 1250. The number of nitrogens with zero attached hydrogens (tertiary/aromatic N) is 2. The highest BCUT2D eigenvalue weighted by Gasteiger charge is 2.29. The number of anilines is 1. The zero-order valence-electron chi connectivity index (χ0n) is 17.7. The molecule has 2 saturated heterocycles. The minimum atomic E-state index is -3.78. The smallest absolute Gasteiger partial charge is 0.255 e. The van der Waals surface area contributed by atoms with Crippen LogP contribution in [0.4, 0.5) is 5.69 Å². The zero-order chi connectivity index (χ0) is 23.6. The normalized spacial score (nSPS) is 18.3. The van der Waals surface area contributed by atoms with Gasteiger partial charge in [0.05, 0.1) is 33.7 Å². The number of halogens is 1. The van der Waals surface area contributed by atoms with Crippen molar-refractivity contribution in [3.05, 3.63) is 53.1 Å². The van der Waals surface area contributed by atoms with Crippen LogP contribution in [0.15, 0.2) is 52.3 Å². The van der Waals surface area contributed by atoms with Crippen LogP contribution in [0.25, 0.3) is 0 Å². The Balaban J connectivity index is 1.57. The standard InChI is InChI=1S/C21H24ClN3O6S2/c22-19-7-6-18(33(29,30)25-10-12-31-13-11-25)15-20(19)23-21(26)16-4-3-5-17(14-16)32(27,28)24-8-1-2-9-24/h3-7,14-15H,1-2,8-13H2,(H,23,26). The van der Waals surface area contributed by atoms with Crippen LogP contribution in [0.5, 0.6) is 0 Å². The average Bonchev–Trinajstić information content (AvgIpc) is 3.37. The van der Waals surface area contributed by atoms with Gasteiger partial charge in [0.2, 0.25) is 20.0 Å². The summed E-state index contributed by atoms with van der Waals surface area (Å²) in [4.78, 5) is 12.9. The molecular formula is C21H24ClN3O6S2. The lowest BCUT2D eigenvalue weighted by atomic mass is 10.2. The molecule has 12 heteroatoms. The van der Waals surface area contributed by atoms with E-state index in [4.69, 9.17) is 16.3 Å². The molecule has 2 fully saturated rings. The summed E-state index contributed by atoms with van der Waals surface area (Å²) in [6.07, 6.45) is 1.61. The van der Waals surface area contributed by atoms with Crippen molar-refractivity contribution in [1.29, 1.82) is 0 Å². The average molecular weight is 514 g/mol. The second kappa shape index (κ2) is 9.69. The van der Waals surface area contributed by atoms with E-state index in [9.17, 15) is 21.6 Å². The Morgan fingerprint density at radius 3 is 2.12 bits per heavy atom. The largest absolute Gasteiger partial charge is 0.379 e. The van der Waals surface area contributed by atoms with Crippen molar-refractivity contribution < 1.29 is 26.4 Å². The van der Waals surface area contributed by atoms with E-state index in [0.717, 1.165) is 12.8 Å². The Hall–Kier alpha value is -2.02. The monoisotopic (exact) mass is 513 g/mol. The second-order valence-corrected chi connectivity index (χ2v) is 12.0. The van der Waals surface area contributed by atoms with Crippen molar-refractivity contribution in [3.63, 3.8) is 0 Å². The Morgan fingerprint density at radius 2 is 1.45 bits per heavy atom. The Kier molecular flexibility index (Phi) is 7.08. The summed E-state index contributed by atoms with van der Waals surface area (Å²) >= 11 is 6.21. The summed E-state index contributed by atoms with van der Waals surface area (Å²) in [5.74, 6) is -0.601. The lowest BCUT2D eigenvalue weighted by Crippen LogP contribution is -2.40. The fourth-order valence-electron chi connectivity index (χ4n) is 3.77. The topological polar surface area (TPSA) is 113 Å². The molecule has 1 N–H and O–H groups in total. The van der Waals surface area contributed by atoms with E-state index in [1.165, 1.54) is 51.1 Å². The number of hydrogen-bond donors (Lipinski definition) is 1. The summed E-state index contributed by atoms with van der Waals surface area (Å²) < 4.78 is 59.4. The molecule has 178 valence electrons. The van der Waals surface area contributed by atoms with Crippen LogP contribution in [-0.4, -0.2) is 70.7 Å². The first-order valence-electron chi connectivity index (χ1n) is 10.5. The van der Waals surface area contributed by atoms with Crippen molar-refractivity contribution >= 4 is 43.2 Å². The van der Waals surface area contributed by atoms with Gasteiger partial charge in [0.1, 0.15) is 0 Å². The third kappa shape index (κ3) is 5.08. The predicted molar refractivity (Wildman–Crippen MR) is 123 cm³/mol. The third-order valence-corrected chi connectivity index (χ3v) is 9.71. The van der Waals surface area contributed by atoms with E-state index in [1.54, 1.807) is 0 Å². The minimum absolute atomic E-state index is 0.00513. The maximum Gasteiger partial charge on any atom is 0.255 e. The molecule has 0 saturated carbocycles. The van der Waals surface area contributed by atoms with Gasteiger partial charge in [-0.05, 0) is 49.2 Å². The quantitative estimate of drug-likeness (QED) is 0.634. The molecule has 2 aliphatic heterocycles. The first-order valence-corrected chi connectivity index (χ1v) is 13.7. The van der Waals surface area contributed by atoms with Crippen molar-refractivity contribution in [2.75, 3.05) is 44.7 Å². The van der Waals surface area contributed by atoms with Crippen LogP contribution in [0.1, 0.15) is 23.2 Å². The lowest BCUT2D eigenvalue weighted by molar-refractivity contribution is 0.0730. The molecule has 2 aromatic rings. The van der Waals surface area contributed by atoms with Gasteiger partial charge < -0.3 is 10.1 Å². The van der Waals surface area contributed by atoms with E-state index in [-0.39, 0.29) is 39.2 Å². The highest BCUT2D eigenvalue weighted by molar-refractivity contribution is 7.89. The van der Waals surface area contributed by atoms with Crippen LogP contribution in [0.3, 0.4) is 0 Å². The van der Waals surface area contributed by atoms with Gasteiger partial charge in [-0.15, -0.1) is 0 Å². The third-order valence-electron chi connectivity index (χ3n) is 5.59. The van der Waals surface area contributed by atoms with E-state index >= 15 is 0 Å². The van der Waals surface area contributed by atoms with Crippen molar-refractivity contribution in [1.82, 2.24) is 8.61 Å². The summed E-state index contributed by atoms with van der Waals surface area (Å²) in [5.41, 5.74) is 0.233. The van der Waals surface area contributed by atoms with Gasteiger partial charge in [-0.1, -0.05) is 17.7 Å². The molecule has 0 unspecified atom stereocenters. The Morgan fingerprint density at radius 1 is 0.848 bits per heavy atom. The van der Waals surface area contributed by atoms with Gasteiger partial charge in [-0.3, -0.25) is 4.79 Å². The number of amides is 1. The zero-order valence-corrected chi connectivity index (χ0v) is 20.1. The fraction of sp³-hybridized carbons (Fsp3) is 0.381. The second-order valence-electron chi connectivity index (χ2n) is 7.75. The summed E-state index contributed by atoms with van der Waals surface area (Å²) in [5, 5.41) is 2.76. The molecule has 2 aromatic carbocycles. The molecule has 0 bridgehead atoms. The molecule has 1 amide bonds. The molecule has 33 heavy (non-hydrogen) atoms. The van der Waals surface area contributed by atoms with Crippen molar-refractivity contribution in [2.45, 2.75) is 22.6 Å². The highest BCUT2D eigenvalue weighted by Crippen LogP contribution is 2.28. The van der Waals surface area contributed by atoms with Gasteiger partial charge in [0.15, 0.2) is 0 Å². The molecule has 0 aromatic heterocycles. The molecular weight excluding hydrogens is 490 g/mol. The van der Waals surface area contributed by atoms with Gasteiger partial charge in [0, 0.05) is 31.7 Å². The van der Waals surface area contributed by atoms with Gasteiger partial charge in [-0.2, -0.15) is 8.61 Å². The van der Waals surface area contributed by atoms with Gasteiger partial charge in [0.25, 0.3) is 5.91 Å². The highest BCUT2D eigenvalue weighted by atomic mass is 35.5. The van der Waals surface area contributed by atoms with Crippen LogP contribution in [-0.2, 0) is 24.8 Å². The Labute approximate surface area is 198 Å². The first-order chi connectivity index (χ1) is 15.7. The number of benzene rings is 2. The van der Waals surface area contributed by atoms with E-state index in [0.29, 0.717) is 26.3 Å². The van der Waals surface area contributed by atoms with Crippen LogP contribution in [0, 0.1) is 0 Å². The molecule has 0 spiro atoms. The lowest BCUT2D eigenvalue weighted by Gasteiger charge is -2.26. The van der Waals surface area contributed by atoms with Gasteiger partial charge >= 0.3 is 0 Å². The van der Waals surface area contributed by atoms with Crippen molar-refractivity contribution in [2.24, 2.45) is 0 Å². The van der Waals surface area contributed by atoms with Crippen LogP contribution in [0.2, 0.25) is 5.02 Å². The number of rotatable bonds is 6. The number of morpholine rings is 1. The summed E-state index contributed by atoms with van der Waals surface area (Å²) in [6, 6.07) is 9.83. The molecule has 0 atom stereocenters. The first kappa shape index (κ1) is 24.1. The number of hydrogen-bond acceptors (Lipinski definition) is 6. The number of carbonyl (C=O) groups is 1. The van der Waals surface area contributed by atoms with E-state index in [1.807, 2.05) is 0 Å². The fourth-order valence-corrected chi connectivity index (χ4v) is 6.93. The van der Waals surface area contributed by atoms with Crippen LogP contribution < -0.4 is 5.32 Å². The van der Waals surface area contributed by atoms with E-state index < -0.39 is 26.0 Å².